The van der Waals surface area contributed by atoms with Crippen molar-refractivity contribution in [2.45, 2.75) is 123 Å². The van der Waals surface area contributed by atoms with Gasteiger partial charge in [-0.25, -0.2) is 9.59 Å². The molecule has 15 heteroatoms. The molecule has 1 saturated heterocycles. The van der Waals surface area contributed by atoms with Crippen LogP contribution in [0.3, 0.4) is 0 Å². The van der Waals surface area contributed by atoms with E-state index in [-0.39, 0.29) is 69.8 Å². The number of aromatic hydroxyl groups is 1. The number of phenolic OH excluding ortho intramolecular Hbond substituents is 1. The number of ether oxygens (including phenoxy) is 3. The Kier molecular flexibility index (Phi) is 16.2. The van der Waals surface area contributed by atoms with Gasteiger partial charge in [-0.3, -0.25) is 4.79 Å². The van der Waals surface area contributed by atoms with Crippen LogP contribution >= 0.6 is 23.2 Å². The zero-order chi connectivity index (χ0) is 48.7. The van der Waals surface area contributed by atoms with Crippen LogP contribution in [0.25, 0.3) is 6.08 Å². The Morgan fingerprint density at radius 1 is 0.940 bits per heavy atom. The average molecular weight is 965 g/mol. The van der Waals surface area contributed by atoms with E-state index in [0.717, 1.165) is 17.6 Å². The monoisotopic (exact) mass is 963 g/mol. The van der Waals surface area contributed by atoms with Gasteiger partial charge in [0.15, 0.2) is 11.4 Å². The molecule has 12 nitrogen and oxygen atoms in total. The van der Waals surface area contributed by atoms with Gasteiger partial charge in [-0.1, -0.05) is 82.9 Å². The fourth-order valence-electron chi connectivity index (χ4n) is 9.34. The molecule has 4 aliphatic rings. The molecule has 0 bridgehead atoms. The Morgan fingerprint density at radius 3 is 2.24 bits per heavy atom. The average Bonchev–Trinajstić information content (AvgIpc) is 3.45. The molecule has 1 aliphatic carbocycles. The molecule has 3 aromatic carbocycles. The number of aliphatic carboxylic acids is 2. The third-order valence-corrected chi connectivity index (χ3v) is 13.5. The van der Waals surface area contributed by atoms with Crippen molar-refractivity contribution in [2.24, 2.45) is 5.92 Å². The normalized spacial score (nSPS) is 22.9. The van der Waals surface area contributed by atoms with Crippen molar-refractivity contribution in [1.82, 2.24) is 0 Å². The number of rotatable bonds is 12. The predicted octanol–water partition coefficient (Wildman–Crippen LogP) is 7.93. The summed E-state index contributed by atoms with van der Waals surface area (Å²) in [4.78, 5) is 51.1. The van der Waals surface area contributed by atoms with Gasteiger partial charge in [0.1, 0.15) is 28.4 Å². The molecule has 3 heterocycles. The molecule has 4 N–H and O–H groups in total. The Balaban J connectivity index is 0.000000351. The van der Waals surface area contributed by atoms with Crippen molar-refractivity contribution < 1.29 is 83.4 Å². The fourth-order valence-corrected chi connectivity index (χ4v) is 9.80. The number of ketones is 1. The summed E-state index contributed by atoms with van der Waals surface area (Å²) in [5, 5.41) is 47.3. The molecule has 3 aromatic rings. The van der Waals surface area contributed by atoms with Crippen LogP contribution in [-0.4, -0.2) is 61.4 Å². The molecule has 7 rings (SSSR count). The summed E-state index contributed by atoms with van der Waals surface area (Å²) in [5.41, 5.74) is -0.900. The van der Waals surface area contributed by atoms with Crippen LogP contribution in [0, 0.1) is 12.8 Å². The molecule has 0 radical (unpaired) electrons. The van der Waals surface area contributed by atoms with Crippen LogP contribution in [0.1, 0.15) is 125 Å². The summed E-state index contributed by atoms with van der Waals surface area (Å²) < 4.78 is 20.2. The number of phenols is 1. The van der Waals surface area contributed by atoms with Crippen LogP contribution in [0.15, 0.2) is 89.1 Å². The van der Waals surface area contributed by atoms with Crippen molar-refractivity contribution in [3.8, 4) is 17.2 Å². The van der Waals surface area contributed by atoms with Gasteiger partial charge in [-0.15, -0.1) is 0 Å². The van der Waals surface area contributed by atoms with Gasteiger partial charge in [-0.05, 0) is 124 Å². The van der Waals surface area contributed by atoms with Crippen LogP contribution in [0.2, 0.25) is 10.0 Å². The molecular weight excluding hydrogens is 908 g/mol. The first-order chi connectivity index (χ1) is 30.9. The second-order valence-corrected chi connectivity index (χ2v) is 19.3. The van der Waals surface area contributed by atoms with E-state index in [9.17, 15) is 39.6 Å². The number of benzene rings is 3. The second-order valence-electron chi connectivity index (χ2n) is 18.5. The minimum absolute atomic E-state index is 0. The van der Waals surface area contributed by atoms with E-state index < -0.39 is 52.0 Å². The van der Waals surface area contributed by atoms with Gasteiger partial charge in [0.25, 0.3) is 0 Å². The predicted molar refractivity (Wildman–Crippen MR) is 253 cm³/mol. The fraction of sp³-hybridized carbons (Fsp3) is 0.385. The van der Waals surface area contributed by atoms with Gasteiger partial charge in [0.2, 0.25) is 5.60 Å². The molecule has 3 aliphatic heterocycles. The van der Waals surface area contributed by atoms with E-state index in [1.54, 1.807) is 56.3 Å². The quantitative estimate of drug-likeness (QED) is 0.0780. The first-order valence-corrected chi connectivity index (χ1v) is 22.5. The largest absolute Gasteiger partial charge is 1.00 e. The smallest absolute Gasteiger partial charge is 0.545 e. The van der Waals surface area contributed by atoms with E-state index in [0.29, 0.717) is 64.0 Å². The maximum atomic E-state index is 14.7. The minimum atomic E-state index is -2.16. The number of nitrogens with one attached hydrogen (secondary N) is 1. The topological polar surface area (TPSA) is 192 Å². The summed E-state index contributed by atoms with van der Waals surface area (Å²) in [7, 11) is 0. The van der Waals surface area contributed by atoms with Gasteiger partial charge in [-0.2, -0.15) is 0 Å². The Labute approximate surface area is 423 Å². The summed E-state index contributed by atoms with van der Waals surface area (Å²) in [6.45, 7) is 16.7. The van der Waals surface area contributed by atoms with Crippen molar-refractivity contribution in [3.05, 3.63) is 127 Å². The van der Waals surface area contributed by atoms with Crippen LogP contribution in [-0.2, 0) is 20.7 Å². The van der Waals surface area contributed by atoms with Crippen molar-refractivity contribution >= 4 is 64.3 Å². The first-order valence-electron chi connectivity index (χ1n) is 21.8. The Bertz CT molecular complexity index is 2670. The first kappa shape index (κ1) is 53.1. The van der Waals surface area contributed by atoms with Crippen molar-refractivity contribution in [1.29, 1.82) is 0 Å². The number of hydrogen-bond acceptors (Lipinski definition) is 10. The zero-order valence-electron chi connectivity index (χ0n) is 39.6. The van der Waals surface area contributed by atoms with Gasteiger partial charge >= 0.3 is 41.5 Å². The van der Waals surface area contributed by atoms with Crippen molar-refractivity contribution in [3.63, 3.8) is 0 Å². The molecule has 4 atom stereocenters. The number of para-hydroxylation sites is 1. The van der Waals surface area contributed by atoms with E-state index >= 15 is 0 Å². The molecule has 350 valence electrons. The number of carboxylic acids is 3. The number of aromatic carboxylic acids is 1. The van der Waals surface area contributed by atoms with Crippen LogP contribution in [0.5, 0.6) is 17.2 Å². The number of carbonyl (C=O) groups excluding carboxylic acids is 2. The van der Waals surface area contributed by atoms with Crippen LogP contribution < -0.4 is 49.5 Å². The molecule has 67 heavy (non-hydrogen) atoms. The van der Waals surface area contributed by atoms with Gasteiger partial charge in [0.05, 0.1) is 32.9 Å². The third kappa shape index (κ3) is 10.0. The number of anilines is 2. The molecule has 4 unspecified atom stereocenters. The zero-order valence-corrected chi connectivity index (χ0v) is 43.1. The van der Waals surface area contributed by atoms with E-state index in [2.05, 4.69) is 11.4 Å². The summed E-state index contributed by atoms with van der Waals surface area (Å²) in [5.74, 6) is -4.79. The van der Waals surface area contributed by atoms with Crippen LogP contribution in [0.4, 0.5) is 11.4 Å². The van der Waals surface area contributed by atoms with Crippen molar-refractivity contribution in [2.75, 3.05) is 5.32 Å². The number of hydrogen-bond donors (Lipinski definition) is 4. The number of carboxylic acid groups (broad SMARTS) is 3. The summed E-state index contributed by atoms with van der Waals surface area (Å²) in [6.07, 6.45) is 13.1. The van der Waals surface area contributed by atoms with Gasteiger partial charge in [0, 0.05) is 40.3 Å². The molecular formula is C52H56Cl2NNaO11. The van der Waals surface area contributed by atoms with E-state index in [4.69, 9.17) is 37.4 Å². The Hall–Kier alpha value is -4.82. The number of aryl methyl sites for hydroxylation is 1. The minimum Gasteiger partial charge on any atom is -0.545 e. The summed E-state index contributed by atoms with van der Waals surface area (Å²) >= 11 is 12.2. The molecule has 0 saturated carbocycles. The maximum Gasteiger partial charge on any atom is 1.00 e. The molecule has 0 aromatic heterocycles. The number of carbonyl (C=O) groups is 4. The Morgan fingerprint density at radius 2 is 1.61 bits per heavy atom. The maximum absolute atomic E-state index is 14.7. The molecule has 0 amide bonds. The second kappa shape index (κ2) is 20.4. The molecule has 1 spiro atoms. The summed E-state index contributed by atoms with van der Waals surface area (Å²) in [6, 6.07) is 9.91. The SMILES string of the molecule is CC(C)=CCCC1(C)C=Cc2c(O)c3c(c(CC=C(C)C)c2O1)OC12C(=CCCC1C(C)(C)OC2(CC=C(C)C(=O)O)C(=O)O)C3=O.Cc1ccc(Cl)c(Nc2ccccc2C(=O)[O-])c1Cl.[Na+]. The molecule has 1 fully saturated rings. The van der Waals surface area contributed by atoms with E-state index in [1.807, 2.05) is 53.7 Å². The number of allylic oxidation sites excluding steroid dienone is 5. The number of Topliss-reactive ketones (excluding diaryl/α,β-unsaturated/α-hetero) is 1. The third-order valence-electron chi connectivity index (χ3n) is 12.7. The van der Waals surface area contributed by atoms with E-state index in [1.165, 1.54) is 24.6 Å². The standard InChI is InChI=1S/C38H46O9.C14H11Cl2NO2.Na/c1-21(2)11-10-18-36(8)19-17-24-29(39)28-30(40)26-12-9-13-27-35(6,7)47-37(34(43)44,20-16-23(5)33(41)42)38(26,27)46-32(28)25(31(24)45-36)15-14-22(3)4;1-8-6-7-10(15)13(12(8)16)17-11-5-3-2-4-9(11)14(18)19;/h11-12,14,16-17,19,27,39H,9-10,13,15,18,20H2,1-8H3,(H,41,42)(H,43,44);2-7,17H,1H3,(H,18,19);/q;;+1/p-1. The number of fused-ring (bicyclic) bond motifs is 2. The number of halogens is 2. The van der Waals surface area contributed by atoms with Gasteiger partial charge < -0.3 is 44.7 Å².